The topological polar surface area (TPSA) is 52.4 Å². The first-order chi connectivity index (χ1) is 9.79. The highest BCUT2D eigenvalue weighted by molar-refractivity contribution is 9.10. The number of nitro benzene ring substituents is 1. The van der Waals surface area contributed by atoms with Gasteiger partial charge < -0.3 is 4.74 Å². The molecule has 4 nitrogen and oxygen atoms in total. The predicted octanol–water partition coefficient (Wildman–Crippen LogP) is 5.67. The number of rotatable bonds is 3. The van der Waals surface area contributed by atoms with Crippen molar-refractivity contribution >= 4 is 37.5 Å². The summed E-state index contributed by atoms with van der Waals surface area (Å²) in [5.74, 6) is -0.346. The molecule has 0 atom stereocenters. The summed E-state index contributed by atoms with van der Waals surface area (Å²) in [5, 5.41) is 11.0. The van der Waals surface area contributed by atoms with Crippen LogP contribution in [-0.4, -0.2) is 4.92 Å². The number of aryl methyl sites for hydroxylation is 2. The third-order valence-corrected chi connectivity index (χ3v) is 4.69. The number of hydrogen-bond acceptors (Lipinski definition) is 3. The van der Waals surface area contributed by atoms with E-state index >= 15 is 0 Å². The molecule has 0 aliphatic rings. The van der Waals surface area contributed by atoms with E-state index in [-0.39, 0.29) is 15.9 Å². The molecule has 0 spiro atoms. The van der Waals surface area contributed by atoms with Gasteiger partial charge in [-0.2, -0.15) is 0 Å². The van der Waals surface area contributed by atoms with E-state index in [1.807, 2.05) is 13.8 Å². The molecule has 0 heterocycles. The van der Waals surface area contributed by atoms with Gasteiger partial charge in [-0.3, -0.25) is 10.1 Å². The van der Waals surface area contributed by atoms with Crippen molar-refractivity contribution in [3.05, 3.63) is 60.3 Å². The van der Waals surface area contributed by atoms with Gasteiger partial charge in [0.15, 0.2) is 0 Å². The summed E-state index contributed by atoms with van der Waals surface area (Å²) in [5.41, 5.74) is 1.54. The Morgan fingerprint density at radius 3 is 2.24 bits per heavy atom. The molecule has 0 unspecified atom stereocenters. The largest absolute Gasteiger partial charge is 0.450 e. The van der Waals surface area contributed by atoms with Crippen LogP contribution < -0.4 is 4.74 Å². The highest BCUT2D eigenvalue weighted by Crippen LogP contribution is 2.37. The normalized spacial score (nSPS) is 10.5. The molecule has 2 aromatic rings. The van der Waals surface area contributed by atoms with Crippen molar-refractivity contribution < 1.29 is 14.1 Å². The van der Waals surface area contributed by atoms with Crippen LogP contribution in [0.15, 0.2) is 33.2 Å². The van der Waals surface area contributed by atoms with Crippen LogP contribution in [-0.2, 0) is 0 Å². The number of nitro groups is 1. The molecule has 21 heavy (non-hydrogen) atoms. The maximum absolute atomic E-state index is 13.6. The first-order valence-corrected chi connectivity index (χ1v) is 7.46. The van der Waals surface area contributed by atoms with Crippen LogP contribution in [0.2, 0.25) is 0 Å². The van der Waals surface area contributed by atoms with E-state index in [4.69, 9.17) is 4.74 Å². The van der Waals surface area contributed by atoms with E-state index in [0.717, 1.165) is 27.7 Å². The fourth-order valence-corrected chi connectivity index (χ4v) is 2.39. The highest BCUT2D eigenvalue weighted by Gasteiger charge is 2.20. The zero-order valence-corrected chi connectivity index (χ0v) is 14.3. The third kappa shape index (κ3) is 3.41. The van der Waals surface area contributed by atoms with Crippen LogP contribution in [0.1, 0.15) is 11.1 Å². The smallest absolute Gasteiger partial charge is 0.312 e. The van der Waals surface area contributed by atoms with Gasteiger partial charge >= 0.3 is 5.69 Å². The molecule has 110 valence electrons. The maximum atomic E-state index is 13.6. The van der Waals surface area contributed by atoms with Crippen molar-refractivity contribution in [2.45, 2.75) is 13.8 Å². The van der Waals surface area contributed by atoms with E-state index < -0.39 is 10.7 Å². The average Bonchev–Trinajstić information content (AvgIpc) is 2.39. The highest BCUT2D eigenvalue weighted by atomic mass is 79.9. The standard InChI is InChI=1S/C14H10Br2FNO3/c1-7-3-9(4-8(2)14(7)16)21-13-6-11(17)10(15)5-12(13)18(19)20/h3-6H,1-2H3. The van der Waals surface area contributed by atoms with Gasteiger partial charge in [0.25, 0.3) is 0 Å². The van der Waals surface area contributed by atoms with Gasteiger partial charge in [-0.1, -0.05) is 15.9 Å². The summed E-state index contributed by atoms with van der Waals surface area (Å²) in [6.07, 6.45) is 0. The Morgan fingerprint density at radius 1 is 1.14 bits per heavy atom. The summed E-state index contributed by atoms with van der Waals surface area (Å²) < 4.78 is 20.0. The summed E-state index contributed by atoms with van der Waals surface area (Å²) in [6, 6.07) is 5.53. The van der Waals surface area contributed by atoms with E-state index in [1.165, 1.54) is 0 Å². The SMILES string of the molecule is Cc1cc(Oc2cc(F)c(Br)cc2[N+](=O)[O-])cc(C)c1Br. The lowest BCUT2D eigenvalue weighted by molar-refractivity contribution is -0.385. The number of benzene rings is 2. The Hall–Kier alpha value is -1.47. The number of ether oxygens (including phenoxy) is 1. The summed E-state index contributed by atoms with van der Waals surface area (Å²) in [6.45, 7) is 3.75. The van der Waals surface area contributed by atoms with Crippen LogP contribution in [0.25, 0.3) is 0 Å². The second kappa shape index (κ2) is 6.11. The van der Waals surface area contributed by atoms with Crippen LogP contribution in [0.5, 0.6) is 11.5 Å². The predicted molar refractivity (Wildman–Crippen MR) is 84.4 cm³/mol. The number of hydrogen-bond donors (Lipinski definition) is 0. The Bertz CT molecular complexity index is 711. The molecule has 0 saturated carbocycles. The van der Waals surface area contributed by atoms with Crippen LogP contribution in [0.3, 0.4) is 0 Å². The Morgan fingerprint density at radius 2 is 1.71 bits per heavy atom. The quantitative estimate of drug-likeness (QED) is 0.476. The van der Waals surface area contributed by atoms with Crippen molar-refractivity contribution in [2.75, 3.05) is 0 Å². The number of nitrogens with zero attached hydrogens (tertiary/aromatic N) is 1. The minimum Gasteiger partial charge on any atom is -0.450 e. The van der Waals surface area contributed by atoms with Crippen molar-refractivity contribution in [1.82, 2.24) is 0 Å². The number of halogens is 3. The van der Waals surface area contributed by atoms with E-state index in [0.29, 0.717) is 5.75 Å². The minimum absolute atomic E-state index is 0.0183. The zero-order chi connectivity index (χ0) is 15.7. The molecule has 0 bridgehead atoms. The zero-order valence-electron chi connectivity index (χ0n) is 11.1. The second-order valence-electron chi connectivity index (χ2n) is 4.46. The van der Waals surface area contributed by atoms with Crippen molar-refractivity contribution in [2.24, 2.45) is 0 Å². The van der Waals surface area contributed by atoms with Crippen molar-refractivity contribution in [1.29, 1.82) is 0 Å². The van der Waals surface area contributed by atoms with Crippen molar-refractivity contribution in [3.8, 4) is 11.5 Å². The molecule has 7 heteroatoms. The molecule has 2 rings (SSSR count). The van der Waals surface area contributed by atoms with Gasteiger partial charge in [-0.15, -0.1) is 0 Å². The molecule has 0 aromatic heterocycles. The fraction of sp³-hybridized carbons (Fsp3) is 0.143. The Kier molecular flexibility index (Phi) is 4.63. The van der Waals surface area contributed by atoms with Gasteiger partial charge in [-0.05, 0) is 53.0 Å². The molecule has 2 aromatic carbocycles. The minimum atomic E-state index is -0.624. The van der Waals surface area contributed by atoms with E-state index in [1.54, 1.807) is 12.1 Å². The van der Waals surface area contributed by atoms with Gasteiger partial charge in [0.1, 0.15) is 11.6 Å². The lowest BCUT2D eigenvalue weighted by atomic mass is 10.1. The Balaban J connectivity index is 2.48. The van der Waals surface area contributed by atoms with Crippen molar-refractivity contribution in [3.63, 3.8) is 0 Å². The molecule has 0 aliphatic carbocycles. The summed E-state index contributed by atoms with van der Waals surface area (Å²) in [4.78, 5) is 10.4. The third-order valence-electron chi connectivity index (χ3n) is 2.84. The van der Waals surface area contributed by atoms with Crippen LogP contribution in [0, 0.1) is 29.8 Å². The molecular weight excluding hydrogens is 409 g/mol. The molecule has 0 radical (unpaired) electrons. The van der Waals surface area contributed by atoms with Gasteiger partial charge in [0, 0.05) is 16.6 Å². The van der Waals surface area contributed by atoms with E-state index in [2.05, 4.69) is 31.9 Å². The van der Waals surface area contributed by atoms with Gasteiger partial charge in [0.05, 0.1) is 9.40 Å². The summed E-state index contributed by atoms with van der Waals surface area (Å²) >= 11 is 6.35. The molecule has 0 aliphatic heterocycles. The molecule has 0 N–H and O–H groups in total. The van der Waals surface area contributed by atoms with Gasteiger partial charge in [0.2, 0.25) is 5.75 Å². The maximum Gasteiger partial charge on any atom is 0.312 e. The first-order valence-electron chi connectivity index (χ1n) is 5.87. The van der Waals surface area contributed by atoms with Gasteiger partial charge in [-0.25, -0.2) is 4.39 Å². The lowest BCUT2D eigenvalue weighted by Gasteiger charge is -2.10. The van der Waals surface area contributed by atoms with Crippen LogP contribution >= 0.6 is 31.9 Å². The summed E-state index contributed by atoms with van der Waals surface area (Å²) in [7, 11) is 0. The molecule has 0 saturated heterocycles. The second-order valence-corrected chi connectivity index (χ2v) is 6.11. The first kappa shape index (κ1) is 15.9. The van der Waals surface area contributed by atoms with E-state index in [9.17, 15) is 14.5 Å². The molecular formula is C14H10Br2FNO3. The molecule has 0 amide bonds. The average molecular weight is 419 g/mol. The van der Waals surface area contributed by atoms with Crippen LogP contribution in [0.4, 0.5) is 10.1 Å². The fourth-order valence-electron chi connectivity index (χ4n) is 1.83. The lowest BCUT2D eigenvalue weighted by Crippen LogP contribution is -1.96. The Labute approximate surface area is 137 Å². The monoisotopic (exact) mass is 417 g/mol. The molecule has 0 fully saturated rings.